The van der Waals surface area contributed by atoms with E-state index in [0.29, 0.717) is 16.7 Å². The van der Waals surface area contributed by atoms with Crippen LogP contribution in [0.25, 0.3) is 5.70 Å². The number of rotatable bonds is 5. The van der Waals surface area contributed by atoms with Gasteiger partial charge in [0.1, 0.15) is 12.6 Å². The van der Waals surface area contributed by atoms with Crippen LogP contribution in [-0.4, -0.2) is 32.7 Å². The average Bonchev–Trinajstić information content (AvgIpc) is 3.33. The molecule has 2 heterocycles. The number of allylic oxidation sites excluding steroid dienone is 1. The number of carbonyl (C=O) groups is 1. The van der Waals surface area contributed by atoms with Crippen LogP contribution < -0.4 is 10.2 Å². The minimum atomic E-state index is -0.204. The van der Waals surface area contributed by atoms with Gasteiger partial charge < -0.3 is 5.32 Å². The van der Waals surface area contributed by atoms with Crippen molar-refractivity contribution in [1.29, 1.82) is 0 Å². The predicted molar refractivity (Wildman–Crippen MR) is 129 cm³/mol. The summed E-state index contributed by atoms with van der Waals surface area (Å²) in [6.07, 6.45) is 2.09. The predicted octanol–water partition coefficient (Wildman–Crippen LogP) is 4.72. The first-order valence-electron chi connectivity index (χ1n) is 10.5. The van der Waals surface area contributed by atoms with Gasteiger partial charge in [-0.1, -0.05) is 83.4 Å². The van der Waals surface area contributed by atoms with Crippen molar-refractivity contribution < 1.29 is 4.79 Å². The Morgan fingerprint density at radius 1 is 1.03 bits per heavy atom. The summed E-state index contributed by atoms with van der Waals surface area (Å²) < 4.78 is 1.73. The van der Waals surface area contributed by atoms with E-state index >= 15 is 0 Å². The van der Waals surface area contributed by atoms with E-state index in [9.17, 15) is 4.79 Å². The quantitative estimate of drug-likeness (QED) is 0.470. The molecule has 1 aromatic heterocycles. The zero-order valence-electron chi connectivity index (χ0n) is 17.9. The van der Waals surface area contributed by atoms with E-state index in [1.807, 2.05) is 84.6 Å². The molecule has 4 aromatic rings. The number of amides is 1. The minimum absolute atomic E-state index is 0.0358. The van der Waals surface area contributed by atoms with Gasteiger partial charge in [-0.15, -0.1) is 0 Å². The van der Waals surface area contributed by atoms with E-state index in [0.717, 1.165) is 22.4 Å². The van der Waals surface area contributed by atoms with Gasteiger partial charge in [-0.25, -0.2) is 0 Å². The highest BCUT2D eigenvalue weighted by molar-refractivity contribution is 6.31. The molecule has 164 valence electrons. The van der Waals surface area contributed by atoms with Crippen molar-refractivity contribution in [3.63, 3.8) is 0 Å². The van der Waals surface area contributed by atoms with E-state index in [1.165, 1.54) is 0 Å². The third-order valence-electron chi connectivity index (χ3n) is 5.55. The summed E-state index contributed by atoms with van der Waals surface area (Å²) in [5, 5.41) is 15.9. The normalized spacial score (nSPS) is 15.0. The lowest BCUT2D eigenvalue weighted by Crippen LogP contribution is -2.37. The molecular weight excluding hydrogens is 436 g/mol. The average molecular weight is 457 g/mol. The molecule has 5 rings (SSSR count). The number of anilines is 2. The molecule has 0 saturated carbocycles. The Morgan fingerprint density at radius 3 is 2.48 bits per heavy atom. The number of fused-ring (bicyclic) bond motifs is 1. The van der Waals surface area contributed by atoms with Gasteiger partial charge in [0.2, 0.25) is 5.91 Å². The van der Waals surface area contributed by atoms with Crippen molar-refractivity contribution in [1.82, 2.24) is 20.2 Å². The van der Waals surface area contributed by atoms with E-state index < -0.39 is 0 Å². The second-order valence-corrected chi connectivity index (χ2v) is 8.20. The number of hydrogen-bond donors (Lipinski definition) is 1. The van der Waals surface area contributed by atoms with Crippen LogP contribution in [0.15, 0.2) is 84.9 Å². The van der Waals surface area contributed by atoms with Gasteiger partial charge in [0.25, 0.3) is 5.95 Å². The zero-order chi connectivity index (χ0) is 22.8. The Bertz CT molecular complexity index is 1320. The maximum atomic E-state index is 13.0. The number of halogens is 1. The second-order valence-electron chi connectivity index (χ2n) is 7.80. The van der Waals surface area contributed by atoms with Gasteiger partial charge in [0, 0.05) is 10.7 Å². The Balaban J connectivity index is 1.51. The Morgan fingerprint density at radius 2 is 1.76 bits per heavy atom. The Labute approximate surface area is 196 Å². The third kappa shape index (κ3) is 4.23. The monoisotopic (exact) mass is 456 g/mol. The zero-order valence-corrected chi connectivity index (χ0v) is 18.6. The van der Waals surface area contributed by atoms with Crippen molar-refractivity contribution in [2.24, 2.45) is 0 Å². The standard InChI is InChI=1S/C25H21ClN6O/c1-17-12-13-20(14-21(17)26)27-24(33)16-31-22(18-8-4-2-5-9-18)15-23(19-10-6-3-7-11-19)32-25(31)28-29-30-32/h2-15,23H,16H2,1H3,(H,27,33). The highest BCUT2D eigenvalue weighted by atomic mass is 35.5. The van der Waals surface area contributed by atoms with E-state index in [2.05, 4.69) is 26.9 Å². The number of carbonyl (C=O) groups excluding carboxylic acids is 1. The molecule has 1 atom stereocenters. The third-order valence-corrected chi connectivity index (χ3v) is 5.96. The molecule has 0 spiro atoms. The molecule has 1 unspecified atom stereocenters. The number of hydrogen-bond acceptors (Lipinski definition) is 5. The highest BCUT2D eigenvalue weighted by Crippen LogP contribution is 2.36. The van der Waals surface area contributed by atoms with Crippen molar-refractivity contribution in [2.75, 3.05) is 16.8 Å². The summed E-state index contributed by atoms with van der Waals surface area (Å²) in [6.45, 7) is 1.95. The summed E-state index contributed by atoms with van der Waals surface area (Å²) in [5.41, 5.74) is 4.48. The number of tetrazole rings is 1. The van der Waals surface area contributed by atoms with Gasteiger partial charge in [-0.05, 0) is 52.2 Å². The molecule has 33 heavy (non-hydrogen) atoms. The first-order chi connectivity index (χ1) is 16.1. The Kier molecular flexibility index (Phi) is 5.62. The summed E-state index contributed by atoms with van der Waals surface area (Å²) in [4.78, 5) is 14.9. The number of nitrogens with zero attached hydrogens (tertiary/aromatic N) is 5. The highest BCUT2D eigenvalue weighted by Gasteiger charge is 2.31. The fourth-order valence-corrected chi connectivity index (χ4v) is 4.06. The largest absolute Gasteiger partial charge is 0.324 e. The summed E-state index contributed by atoms with van der Waals surface area (Å²) >= 11 is 6.22. The molecule has 0 radical (unpaired) electrons. The molecule has 0 fully saturated rings. The molecule has 0 bridgehead atoms. The number of nitrogens with one attached hydrogen (secondary N) is 1. The molecule has 0 aliphatic carbocycles. The molecular formula is C25H21ClN6O. The van der Waals surface area contributed by atoms with Gasteiger partial charge >= 0.3 is 0 Å². The molecule has 7 nitrogen and oxygen atoms in total. The lowest BCUT2D eigenvalue weighted by molar-refractivity contribution is -0.114. The minimum Gasteiger partial charge on any atom is -0.324 e. The lowest BCUT2D eigenvalue weighted by atomic mass is 10.0. The van der Waals surface area contributed by atoms with Crippen molar-refractivity contribution >= 4 is 34.8 Å². The van der Waals surface area contributed by atoms with E-state index in [-0.39, 0.29) is 18.5 Å². The van der Waals surface area contributed by atoms with Crippen LogP contribution in [0.2, 0.25) is 5.02 Å². The van der Waals surface area contributed by atoms with E-state index in [4.69, 9.17) is 11.6 Å². The van der Waals surface area contributed by atoms with Crippen molar-refractivity contribution in [3.8, 4) is 0 Å². The second kappa shape index (κ2) is 8.88. The summed E-state index contributed by atoms with van der Waals surface area (Å²) in [5.74, 6) is 0.298. The van der Waals surface area contributed by atoms with Gasteiger partial charge in [-0.3, -0.25) is 9.69 Å². The Hall–Kier alpha value is -3.97. The van der Waals surface area contributed by atoms with Crippen LogP contribution in [0.3, 0.4) is 0 Å². The molecule has 3 aromatic carbocycles. The summed E-state index contributed by atoms with van der Waals surface area (Å²) in [7, 11) is 0. The molecule has 1 aliphatic heterocycles. The summed E-state index contributed by atoms with van der Waals surface area (Å²) in [6, 6.07) is 25.2. The molecule has 8 heteroatoms. The van der Waals surface area contributed by atoms with Gasteiger partial charge in [0.15, 0.2) is 0 Å². The van der Waals surface area contributed by atoms with Crippen molar-refractivity contribution in [2.45, 2.75) is 13.0 Å². The fourth-order valence-electron chi connectivity index (χ4n) is 3.88. The van der Waals surface area contributed by atoms with Gasteiger partial charge in [-0.2, -0.15) is 4.68 Å². The molecule has 0 saturated heterocycles. The van der Waals surface area contributed by atoms with E-state index in [1.54, 1.807) is 10.7 Å². The first kappa shape index (κ1) is 20.9. The van der Waals surface area contributed by atoms with Crippen LogP contribution >= 0.6 is 11.6 Å². The fraction of sp³-hybridized carbons (Fsp3) is 0.120. The van der Waals surface area contributed by atoms with Gasteiger partial charge in [0.05, 0.1) is 5.70 Å². The van der Waals surface area contributed by atoms with Crippen LogP contribution in [0, 0.1) is 6.92 Å². The number of aryl methyl sites for hydroxylation is 1. The van der Waals surface area contributed by atoms with Crippen molar-refractivity contribution in [3.05, 3.63) is 107 Å². The van der Waals surface area contributed by atoms with Crippen LogP contribution in [0.1, 0.15) is 22.7 Å². The molecule has 1 N–H and O–H groups in total. The van der Waals surface area contributed by atoms with Crippen LogP contribution in [-0.2, 0) is 4.79 Å². The lowest BCUT2D eigenvalue weighted by Gasteiger charge is -2.32. The maximum Gasteiger partial charge on any atom is 0.251 e. The first-order valence-corrected chi connectivity index (χ1v) is 10.9. The number of aromatic nitrogens is 4. The number of benzene rings is 3. The maximum absolute atomic E-state index is 13.0. The van der Waals surface area contributed by atoms with Crippen LogP contribution in [0.5, 0.6) is 0 Å². The topological polar surface area (TPSA) is 75.9 Å². The van der Waals surface area contributed by atoms with Crippen LogP contribution in [0.4, 0.5) is 11.6 Å². The molecule has 1 aliphatic rings. The molecule has 1 amide bonds. The smallest absolute Gasteiger partial charge is 0.251 e. The SMILES string of the molecule is Cc1ccc(NC(=O)CN2C(c3ccccc3)=CC(c3ccccc3)n3nnnc32)cc1Cl.